The zero-order valence-electron chi connectivity index (χ0n) is 30.5. The number of allylic oxidation sites excluding steroid dienone is 2. The van der Waals surface area contributed by atoms with Crippen LogP contribution in [0.25, 0.3) is 0 Å². The number of halogens is 10. The Hall–Kier alpha value is -4.94. The molecule has 312 valence electrons. The van der Waals surface area contributed by atoms with E-state index in [0.29, 0.717) is 28.2 Å². The van der Waals surface area contributed by atoms with Crippen LogP contribution in [0.5, 0.6) is 11.5 Å². The van der Waals surface area contributed by atoms with Gasteiger partial charge in [-0.3, -0.25) is 24.6 Å². The molecule has 0 spiro atoms. The van der Waals surface area contributed by atoms with E-state index in [1.807, 2.05) is 0 Å². The number of rotatable bonds is 6. The summed E-state index contributed by atoms with van der Waals surface area (Å²) in [7, 11) is 1.28. The Balaban J connectivity index is 1.35. The van der Waals surface area contributed by atoms with Gasteiger partial charge in [0.2, 0.25) is 11.8 Å². The van der Waals surface area contributed by atoms with Gasteiger partial charge in [-0.1, -0.05) is 35.4 Å². The number of carbonyl (C=O) groups is 4. The number of nitrogens with zero attached hydrogens (tertiary/aromatic N) is 2. The minimum Gasteiger partial charge on any atom is -0.503 e. The highest BCUT2D eigenvalue weighted by Crippen LogP contribution is 2.66. The number of ether oxygens (including phenoxy) is 1. The number of phenolic OH excluding ortho intramolecular Hbond substituents is 1. The quantitative estimate of drug-likeness (QED) is 0.112. The highest BCUT2D eigenvalue weighted by Gasteiger charge is 2.71. The first kappa shape index (κ1) is 41.8. The summed E-state index contributed by atoms with van der Waals surface area (Å²) in [5, 5.41) is 12.1. The van der Waals surface area contributed by atoms with Crippen LogP contribution in [0.15, 0.2) is 93.4 Å². The SMILES string of the molecule is COc1cc(C2C3=CCC4C(=O)N(c5cc(C(F)(F)F)cc(C(F)(F)F)c5)C(=O)C4C3CC3C(=O)N(Nc4ccc(F)cc4)C(=O)C32c2ccc(Cl)cc2)c(Br)c(Br)c1O. The number of amides is 4. The molecule has 2 aliphatic heterocycles. The summed E-state index contributed by atoms with van der Waals surface area (Å²) in [5.41, 5.74) is -2.42. The molecule has 0 bridgehead atoms. The maximum absolute atomic E-state index is 15.4. The van der Waals surface area contributed by atoms with E-state index < -0.39 is 93.6 Å². The second kappa shape index (κ2) is 14.6. The average Bonchev–Trinajstić information content (AvgIpc) is 3.58. The molecule has 8 rings (SSSR count). The number of hydrazine groups is 1. The molecular weight excluding hydrogens is 959 g/mol. The molecule has 6 unspecified atom stereocenters. The Labute approximate surface area is 357 Å². The topological polar surface area (TPSA) is 116 Å². The number of methoxy groups -OCH3 is 1. The van der Waals surface area contributed by atoms with Crippen molar-refractivity contribution in [3.63, 3.8) is 0 Å². The summed E-state index contributed by atoms with van der Waals surface area (Å²) in [6.45, 7) is 0. The Morgan fingerprint density at radius 1 is 0.833 bits per heavy atom. The molecule has 4 aromatic carbocycles. The van der Waals surface area contributed by atoms with Crippen molar-refractivity contribution in [2.75, 3.05) is 17.4 Å². The van der Waals surface area contributed by atoms with E-state index in [2.05, 4.69) is 37.3 Å². The van der Waals surface area contributed by atoms with E-state index >= 15 is 4.79 Å². The Bertz CT molecular complexity index is 2500. The molecule has 4 amide bonds. The van der Waals surface area contributed by atoms with E-state index in [4.69, 9.17) is 16.3 Å². The number of phenols is 1. The molecular formula is C41H27Br2ClF7N3O6. The molecule has 2 saturated heterocycles. The van der Waals surface area contributed by atoms with Crippen molar-refractivity contribution in [2.45, 2.75) is 36.5 Å². The van der Waals surface area contributed by atoms with Crippen LogP contribution in [0.3, 0.4) is 0 Å². The zero-order chi connectivity index (χ0) is 43.4. The normalized spacial score (nSPS) is 25.2. The molecule has 2 N–H and O–H groups in total. The molecule has 19 heteroatoms. The summed E-state index contributed by atoms with van der Waals surface area (Å²) >= 11 is 13.2. The van der Waals surface area contributed by atoms with E-state index in [1.165, 1.54) is 37.4 Å². The van der Waals surface area contributed by atoms with Gasteiger partial charge in [-0.2, -0.15) is 31.4 Å². The summed E-state index contributed by atoms with van der Waals surface area (Å²) in [6, 6.07) is 12.9. The van der Waals surface area contributed by atoms with Crippen LogP contribution < -0.4 is 15.1 Å². The fourth-order valence-electron chi connectivity index (χ4n) is 9.30. The number of aromatic hydroxyl groups is 1. The first-order valence-corrected chi connectivity index (χ1v) is 19.9. The lowest BCUT2D eigenvalue weighted by Crippen LogP contribution is -2.53. The van der Waals surface area contributed by atoms with Crippen molar-refractivity contribution in [1.82, 2.24) is 5.01 Å². The molecule has 1 saturated carbocycles. The second-order valence-corrected chi connectivity index (χ2v) is 16.8. The van der Waals surface area contributed by atoms with Gasteiger partial charge >= 0.3 is 12.4 Å². The Morgan fingerprint density at radius 2 is 1.45 bits per heavy atom. The van der Waals surface area contributed by atoms with Gasteiger partial charge in [-0.25, -0.2) is 9.29 Å². The molecule has 0 aromatic heterocycles. The smallest absolute Gasteiger partial charge is 0.416 e. The van der Waals surface area contributed by atoms with Gasteiger partial charge in [0.05, 0.1) is 57.3 Å². The number of carbonyl (C=O) groups excluding carboxylic acids is 4. The predicted molar refractivity (Wildman–Crippen MR) is 208 cm³/mol. The lowest BCUT2D eigenvalue weighted by atomic mass is 9.49. The number of imide groups is 2. The first-order chi connectivity index (χ1) is 28.2. The second-order valence-electron chi connectivity index (χ2n) is 14.8. The number of nitrogens with one attached hydrogen (secondary N) is 1. The predicted octanol–water partition coefficient (Wildman–Crippen LogP) is 9.95. The van der Waals surface area contributed by atoms with E-state index in [1.54, 1.807) is 18.2 Å². The number of fused-ring (bicyclic) bond motifs is 4. The Morgan fingerprint density at radius 3 is 2.03 bits per heavy atom. The first-order valence-electron chi connectivity index (χ1n) is 18.0. The van der Waals surface area contributed by atoms with E-state index in [9.17, 15) is 50.2 Å². The molecule has 6 atom stereocenters. The third kappa shape index (κ3) is 6.39. The molecule has 2 heterocycles. The van der Waals surface area contributed by atoms with Crippen LogP contribution >= 0.6 is 43.5 Å². The average molecular weight is 986 g/mol. The highest BCUT2D eigenvalue weighted by atomic mass is 79.9. The summed E-state index contributed by atoms with van der Waals surface area (Å²) in [6.07, 6.45) is -9.47. The molecule has 2 aliphatic carbocycles. The number of benzene rings is 4. The van der Waals surface area contributed by atoms with Crippen LogP contribution in [-0.4, -0.2) is 40.9 Å². The molecule has 9 nitrogen and oxygen atoms in total. The monoisotopic (exact) mass is 983 g/mol. The van der Waals surface area contributed by atoms with Crippen molar-refractivity contribution in [3.05, 3.63) is 126 Å². The fourth-order valence-corrected chi connectivity index (χ4v) is 10.4. The number of hydrogen-bond donors (Lipinski definition) is 2. The van der Waals surface area contributed by atoms with Crippen molar-refractivity contribution in [2.24, 2.45) is 23.7 Å². The lowest BCUT2D eigenvalue weighted by Gasteiger charge is -2.51. The third-order valence-electron chi connectivity index (χ3n) is 11.8. The van der Waals surface area contributed by atoms with Crippen LogP contribution in [-0.2, 0) is 36.9 Å². The summed E-state index contributed by atoms with van der Waals surface area (Å²) < 4.78 is 104. The van der Waals surface area contributed by atoms with Crippen LogP contribution in [0.4, 0.5) is 42.1 Å². The maximum Gasteiger partial charge on any atom is 0.416 e. The van der Waals surface area contributed by atoms with Gasteiger partial charge in [0, 0.05) is 15.4 Å². The van der Waals surface area contributed by atoms with Gasteiger partial charge in [0.15, 0.2) is 11.5 Å². The molecule has 0 radical (unpaired) electrons. The minimum atomic E-state index is -5.28. The summed E-state index contributed by atoms with van der Waals surface area (Å²) in [5.74, 6) is -11.1. The van der Waals surface area contributed by atoms with Crippen molar-refractivity contribution in [3.8, 4) is 11.5 Å². The largest absolute Gasteiger partial charge is 0.503 e. The highest BCUT2D eigenvalue weighted by molar-refractivity contribution is 9.13. The maximum atomic E-state index is 15.4. The van der Waals surface area contributed by atoms with Crippen LogP contribution in [0, 0.1) is 29.5 Å². The van der Waals surface area contributed by atoms with Gasteiger partial charge in [-0.05, 0) is 122 Å². The van der Waals surface area contributed by atoms with Gasteiger partial charge in [0.25, 0.3) is 11.8 Å². The number of alkyl halides is 6. The van der Waals surface area contributed by atoms with Crippen LogP contribution in [0.1, 0.15) is 41.0 Å². The number of anilines is 2. The van der Waals surface area contributed by atoms with Crippen molar-refractivity contribution >= 4 is 78.5 Å². The standard InChI is InChI=1S/C41H27Br2ClF7N3O6/c1-60-29-16-27(32(42)33(43)34(29)55)31-24-10-11-25-30(37(58)53(35(25)56)23-13-18(40(46,47)48)12-19(14-23)41(49,50)51)26(24)15-28-36(57)54(52-22-8-6-21(45)7-9-22)38(59)39(28,31)17-2-4-20(44)5-3-17/h2-10,12-14,16,25-26,28,30-31,52,55H,11,15H2,1H3. The fraction of sp³-hybridized carbons (Fsp3) is 0.268. The lowest BCUT2D eigenvalue weighted by molar-refractivity contribution is -0.143. The minimum absolute atomic E-state index is 0.0688. The third-order valence-corrected chi connectivity index (χ3v) is 14.2. The molecule has 60 heavy (non-hydrogen) atoms. The van der Waals surface area contributed by atoms with Crippen molar-refractivity contribution < 1.29 is 59.8 Å². The van der Waals surface area contributed by atoms with E-state index in [-0.39, 0.29) is 55.6 Å². The van der Waals surface area contributed by atoms with E-state index in [0.717, 1.165) is 17.1 Å². The van der Waals surface area contributed by atoms with Gasteiger partial charge in [-0.15, -0.1) is 0 Å². The Kier molecular flexibility index (Phi) is 10.2. The van der Waals surface area contributed by atoms with Crippen molar-refractivity contribution in [1.29, 1.82) is 0 Å². The molecule has 4 aliphatic rings. The summed E-state index contributed by atoms with van der Waals surface area (Å²) in [4.78, 5) is 59.4. The zero-order valence-corrected chi connectivity index (χ0v) is 34.4. The van der Waals surface area contributed by atoms with Gasteiger partial charge < -0.3 is 9.84 Å². The van der Waals surface area contributed by atoms with Gasteiger partial charge in [0.1, 0.15) is 5.82 Å². The van der Waals surface area contributed by atoms with Crippen LogP contribution in [0.2, 0.25) is 5.02 Å². The molecule has 4 aromatic rings. The number of hydrogen-bond acceptors (Lipinski definition) is 7. The molecule has 3 fully saturated rings.